The van der Waals surface area contributed by atoms with Gasteiger partial charge in [0.25, 0.3) is 5.56 Å². The van der Waals surface area contributed by atoms with Crippen molar-refractivity contribution in [2.24, 2.45) is 5.92 Å². The number of hydrogen-bond acceptors (Lipinski definition) is 6. The molecule has 0 aliphatic carbocycles. The van der Waals surface area contributed by atoms with Crippen LogP contribution in [-0.2, 0) is 11.3 Å². The van der Waals surface area contributed by atoms with E-state index < -0.39 is 0 Å². The number of fused-ring (bicyclic) bond motifs is 2. The van der Waals surface area contributed by atoms with Gasteiger partial charge in [0.15, 0.2) is 5.82 Å². The average Bonchev–Trinajstić information content (AvgIpc) is 3.24. The van der Waals surface area contributed by atoms with Crippen LogP contribution >= 0.6 is 23.7 Å². The molecule has 8 heteroatoms. The van der Waals surface area contributed by atoms with Gasteiger partial charge in [-0.25, -0.2) is 4.98 Å². The third-order valence-corrected chi connectivity index (χ3v) is 7.04. The van der Waals surface area contributed by atoms with E-state index in [9.17, 15) is 4.79 Å². The van der Waals surface area contributed by atoms with Gasteiger partial charge in [-0.3, -0.25) is 14.7 Å². The number of aromatic amines is 1. The number of piperidine rings is 1. The number of likely N-dealkylation sites (tertiary alicyclic amines) is 1. The van der Waals surface area contributed by atoms with E-state index in [0.29, 0.717) is 22.8 Å². The Bertz CT molecular complexity index is 1290. The van der Waals surface area contributed by atoms with Crippen molar-refractivity contribution in [2.75, 3.05) is 26.8 Å². The standard InChI is InChI=1S/C24H26N4O2S.ClH/c1-15-9-17(13-28-6-3-16(4-7-28)14-30-2)10-19-22(15)26-23(27-24(19)29)20-11-21-18(12-25-20)5-8-31-21;/h5,8-12,16H,3-4,6-7,13-14H2,1-2H3,(H,26,27,29);1H. The molecule has 4 heterocycles. The maximum absolute atomic E-state index is 12.9. The van der Waals surface area contributed by atoms with Crippen molar-refractivity contribution in [2.45, 2.75) is 26.3 Å². The molecule has 1 aliphatic rings. The zero-order valence-corrected chi connectivity index (χ0v) is 19.9. The predicted molar refractivity (Wildman–Crippen MR) is 133 cm³/mol. The number of thiophene rings is 1. The van der Waals surface area contributed by atoms with Crippen molar-refractivity contribution in [3.8, 4) is 11.5 Å². The molecule has 1 fully saturated rings. The highest BCUT2D eigenvalue weighted by atomic mass is 35.5. The van der Waals surface area contributed by atoms with E-state index >= 15 is 0 Å². The van der Waals surface area contributed by atoms with E-state index in [1.54, 1.807) is 18.4 Å². The first kappa shape index (κ1) is 22.9. The zero-order valence-electron chi connectivity index (χ0n) is 18.3. The van der Waals surface area contributed by atoms with E-state index in [1.807, 2.05) is 36.7 Å². The van der Waals surface area contributed by atoms with Gasteiger partial charge in [-0.2, -0.15) is 0 Å². The van der Waals surface area contributed by atoms with Crippen molar-refractivity contribution in [3.63, 3.8) is 0 Å². The van der Waals surface area contributed by atoms with Crippen molar-refractivity contribution < 1.29 is 4.74 Å². The monoisotopic (exact) mass is 470 g/mol. The zero-order chi connectivity index (χ0) is 21.4. The first-order valence-electron chi connectivity index (χ1n) is 10.7. The second-order valence-electron chi connectivity index (χ2n) is 8.43. The minimum absolute atomic E-state index is 0. The molecular weight excluding hydrogens is 444 g/mol. The summed E-state index contributed by atoms with van der Waals surface area (Å²) in [4.78, 5) is 27.6. The van der Waals surface area contributed by atoms with Gasteiger partial charge in [-0.05, 0) is 73.5 Å². The molecule has 5 rings (SSSR count). The summed E-state index contributed by atoms with van der Waals surface area (Å²) in [5, 5.41) is 3.78. The van der Waals surface area contributed by atoms with E-state index in [0.717, 1.165) is 65.8 Å². The first-order valence-corrected chi connectivity index (χ1v) is 11.6. The number of aromatic nitrogens is 3. The van der Waals surface area contributed by atoms with Crippen LogP contribution in [0.2, 0.25) is 0 Å². The number of nitrogens with zero attached hydrogens (tertiary/aromatic N) is 3. The highest BCUT2D eigenvalue weighted by Gasteiger charge is 2.20. The lowest BCUT2D eigenvalue weighted by Gasteiger charge is -2.31. The highest BCUT2D eigenvalue weighted by molar-refractivity contribution is 7.17. The molecule has 6 nitrogen and oxygen atoms in total. The molecule has 1 N–H and O–H groups in total. The number of H-pyrrole nitrogens is 1. The van der Waals surface area contributed by atoms with Gasteiger partial charge in [-0.1, -0.05) is 6.07 Å². The Morgan fingerprint density at radius 3 is 2.84 bits per heavy atom. The molecule has 32 heavy (non-hydrogen) atoms. The molecule has 1 aromatic carbocycles. The Kier molecular flexibility index (Phi) is 6.90. The Balaban J connectivity index is 0.00000245. The molecular formula is C24H27ClN4O2S. The molecule has 0 saturated carbocycles. The van der Waals surface area contributed by atoms with Gasteiger partial charge >= 0.3 is 0 Å². The third kappa shape index (κ3) is 4.57. The number of rotatable bonds is 5. The summed E-state index contributed by atoms with van der Waals surface area (Å²) >= 11 is 1.66. The number of nitrogens with one attached hydrogen (secondary N) is 1. The quantitative estimate of drug-likeness (QED) is 0.454. The molecule has 4 aromatic rings. The topological polar surface area (TPSA) is 71.1 Å². The van der Waals surface area contributed by atoms with Gasteiger partial charge in [-0.15, -0.1) is 23.7 Å². The van der Waals surface area contributed by atoms with E-state index in [1.165, 1.54) is 0 Å². The number of aryl methyl sites for hydroxylation is 1. The highest BCUT2D eigenvalue weighted by Crippen LogP contribution is 2.26. The third-order valence-electron chi connectivity index (χ3n) is 6.16. The molecule has 168 valence electrons. The van der Waals surface area contributed by atoms with Crippen molar-refractivity contribution >= 4 is 44.7 Å². The van der Waals surface area contributed by atoms with Crippen LogP contribution in [0.1, 0.15) is 24.0 Å². The van der Waals surface area contributed by atoms with Gasteiger partial charge in [0.1, 0.15) is 5.69 Å². The number of hydrogen-bond donors (Lipinski definition) is 1. The lowest BCUT2D eigenvalue weighted by Crippen LogP contribution is -2.34. The average molecular weight is 471 g/mol. The fourth-order valence-corrected chi connectivity index (χ4v) is 5.29. The molecule has 1 saturated heterocycles. The smallest absolute Gasteiger partial charge is 0.259 e. The second-order valence-corrected chi connectivity index (χ2v) is 9.37. The van der Waals surface area contributed by atoms with Crippen molar-refractivity contribution in [1.29, 1.82) is 0 Å². The normalized spacial score (nSPS) is 15.3. The van der Waals surface area contributed by atoms with Crippen LogP contribution in [-0.4, -0.2) is 46.7 Å². The minimum Gasteiger partial charge on any atom is -0.384 e. The van der Waals surface area contributed by atoms with Crippen LogP contribution in [0.15, 0.2) is 40.6 Å². The van der Waals surface area contributed by atoms with Crippen LogP contribution in [0.4, 0.5) is 0 Å². The van der Waals surface area contributed by atoms with Crippen molar-refractivity contribution in [3.05, 3.63) is 57.3 Å². The number of pyridine rings is 1. The van der Waals surface area contributed by atoms with E-state index in [-0.39, 0.29) is 18.0 Å². The fraction of sp³-hybridized carbons (Fsp3) is 0.375. The van der Waals surface area contributed by atoms with Crippen molar-refractivity contribution in [1.82, 2.24) is 19.9 Å². The maximum atomic E-state index is 12.9. The molecule has 1 aliphatic heterocycles. The molecule has 0 radical (unpaired) electrons. The van der Waals surface area contributed by atoms with Gasteiger partial charge < -0.3 is 9.72 Å². The Morgan fingerprint density at radius 1 is 1.25 bits per heavy atom. The van der Waals surface area contributed by atoms with Gasteiger partial charge in [0.2, 0.25) is 0 Å². The summed E-state index contributed by atoms with van der Waals surface area (Å²) in [7, 11) is 1.78. The van der Waals surface area contributed by atoms with Crippen LogP contribution in [0, 0.1) is 12.8 Å². The Morgan fingerprint density at radius 2 is 2.06 bits per heavy atom. The first-order chi connectivity index (χ1) is 15.1. The van der Waals surface area contributed by atoms with Crippen LogP contribution in [0.5, 0.6) is 0 Å². The summed E-state index contributed by atoms with van der Waals surface area (Å²) in [5.74, 6) is 1.18. The maximum Gasteiger partial charge on any atom is 0.259 e. The van der Waals surface area contributed by atoms with E-state index in [4.69, 9.17) is 9.72 Å². The fourth-order valence-electron chi connectivity index (χ4n) is 4.49. The second kappa shape index (κ2) is 9.67. The lowest BCUT2D eigenvalue weighted by molar-refractivity contribution is 0.0968. The molecule has 0 amide bonds. The molecule has 0 spiro atoms. The Labute approximate surface area is 197 Å². The van der Waals surface area contributed by atoms with Crippen LogP contribution in [0.25, 0.3) is 32.5 Å². The Hall–Kier alpha value is -2.32. The summed E-state index contributed by atoms with van der Waals surface area (Å²) in [6.45, 7) is 5.86. The number of methoxy groups -OCH3 is 1. The number of benzene rings is 1. The summed E-state index contributed by atoms with van der Waals surface area (Å²) in [6.07, 6.45) is 4.15. The largest absolute Gasteiger partial charge is 0.384 e. The molecule has 0 atom stereocenters. The van der Waals surface area contributed by atoms with Gasteiger partial charge in [0.05, 0.1) is 10.9 Å². The summed E-state index contributed by atoms with van der Waals surface area (Å²) in [5.41, 5.74) is 3.50. The predicted octanol–water partition coefficient (Wildman–Crippen LogP) is 4.79. The lowest BCUT2D eigenvalue weighted by atomic mass is 9.97. The number of ether oxygens (including phenoxy) is 1. The van der Waals surface area contributed by atoms with Crippen LogP contribution in [0.3, 0.4) is 0 Å². The summed E-state index contributed by atoms with van der Waals surface area (Å²) in [6, 6.07) is 8.19. The number of halogens is 1. The van der Waals surface area contributed by atoms with Gasteiger partial charge in [0, 0.05) is 36.5 Å². The molecule has 3 aromatic heterocycles. The SMILES string of the molecule is COCC1CCN(Cc2cc(C)c3nc(-c4cc5sccc5cn4)[nH]c(=O)c3c2)CC1.Cl. The minimum atomic E-state index is -0.114. The molecule has 0 unspecified atom stereocenters. The van der Waals surface area contributed by atoms with E-state index in [2.05, 4.69) is 20.9 Å². The van der Waals surface area contributed by atoms with Crippen LogP contribution < -0.4 is 5.56 Å². The molecule has 0 bridgehead atoms. The summed E-state index contributed by atoms with van der Waals surface area (Å²) < 4.78 is 6.44.